The number of halogens is 1. The van der Waals surface area contributed by atoms with Crippen molar-refractivity contribution in [2.24, 2.45) is 4.99 Å². The van der Waals surface area contributed by atoms with E-state index in [9.17, 15) is 4.39 Å². The van der Waals surface area contributed by atoms with Gasteiger partial charge in [-0.25, -0.2) is 4.39 Å². The van der Waals surface area contributed by atoms with Crippen molar-refractivity contribution in [3.8, 4) is 0 Å². The van der Waals surface area contributed by atoms with Gasteiger partial charge in [0.2, 0.25) is 0 Å². The Hall–Kier alpha value is -2.52. The van der Waals surface area contributed by atoms with Crippen molar-refractivity contribution in [2.75, 3.05) is 39.9 Å². The zero-order valence-corrected chi connectivity index (χ0v) is 16.8. The van der Waals surface area contributed by atoms with E-state index in [1.807, 2.05) is 12.1 Å². The van der Waals surface area contributed by atoms with E-state index in [-0.39, 0.29) is 11.9 Å². The van der Waals surface area contributed by atoms with Crippen LogP contribution in [0, 0.1) is 5.82 Å². The summed E-state index contributed by atoms with van der Waals surface area (Å²) in [4.78, 5) is 6.70. The first-order valence-electron chi connectivity index (χ1n) is 10.2. The second kappa shape index (κ2) is 9.32. The maximum absolute atomic E-state index is 13.4. The number of hydrogen-bond donors (Lipinski definition) is 2. The van der Waals surface area contributed by atoms with E-state index in [1.54, 1.807) is 7.05 Å². The van der Waals surface area contributed by atoms with Crippen LogP contribution in [0.15, 0.2) is 29.3 Å². The van der Waals surface area contributed by atoms with Crippen LogP contribution in [-0.4, -0.2) is 65.5 Å². The number of aliphatic imine (C=N–C) groups is 1. The van der Waals surface area contributed by atoms with Crippen LogP contribution in [0.2, 0.25) is 0 Å². The lowest BCUT2D eigenvalue weighted by Crippen LogP contribution is -2.46. The van der Waals surface area contributed by atoms with Crippen LogP contribution < -0.4 is 10.6 Å². The molecule has 1 fully saturated rings. The number of rotatable bonds is 6. The minimum absolute atomic E-state index is 0.107. The van der Waals surface area contributed by atoms with Crippen molar-refractivity contribution >= 4 is 5.96 Å². The third-order valence-electron chi connectivity index (χ3n) is 5.53. The highest BCUT2D eigenvalue weighted by atomic mass is 19.1. The maximum Gasteiger partial charge on any atom is 0.191 e. The molecule has 0 amide bonds. The highest BCUT2D eigenvalue weighted by Crippen LogP contribution is 2.21. The molecule has 29 heavy (non-hydrogen) atoms. The number of aryl methyl sites for hydroxylation is 1. The van der Waals surface area contributed by atoms with E-state index in [4.69, 9.17) is 4.74 Å². The van der Waals surface area contributed by atoms with E-state index in [0.29, 0.717) is 32.3 Å². The first-order chi connectivity index (χ1) is 14.2. The topological polar surface area (TPSA) is 79.6 Å². The number of fused-ring (bicyclic) bond motifs is 1. The monoisotopic (exact) mass is 401 g/mol. The molecule has 9 heteroatoms. The van der Waals surface area contributed by atoms with Gasteiger partial charge in [-0.05, 0) is 24.1 Å². The molecule has 0 aliphatic carbocycles. The van der Waals surface area contributed by atoms with Crippen LogP contribution in [0.1, 0.15) is 29.7 Å². The molecule has 2 N–H and O–H groups in total. The molecule has 156 valence electrons. The van der Waals surface area contributed by atoms with Crippen LogP contribution >= 0.6 is 0 Å². The molecule has 8 nitrogen and oxygen atoms in total. The van der Waals surface area contributed by atoms with Gasteiger partial charge in [0.25, 0.3) is 0 Å². The van der Waals surface area contributed by atoms with Crippen molar-refractivity contribution < 1.29 is 9.13 Å². The Labute approximate surface area is 170 Å². The first-order valence-corrected chi connectivity index (χ1v) is 10.2. The Morgan fingerprint density at radius 2 is 1.97 bits per heavy atom. The molecule has 1 aromatic carbocycles. The molecular weight excluding hydrogens is 373 g/mol. The van der Waals surface area contributed by atoms with Gasteiger partial charge in [-0.3, -0.25) is 9.89 Å². The summed E-state index contributed by atoms with van der Waals surface area (Å²) in [6, 6.07) is 6.85. The van der Waals surface area contributed by atoms with E-state index in [2.05, 4.69) is 35.3 Å². The van der Waals surface area contributed by atoms with Crippen LogP contribution in [0.4, 0.5) is 4.39 Å². The summed E-state index contributed by atoms with van der Waals surface area (Å²) in [6.07, 6.45) is 2.13. The molecule has 0 saturated carbocycles. The smallest absolute Gasteiger partial charge is 0.191 e. The van der Waals surface area contributed by atoms with Crippen molar-refractivity contribution in [1.82, 2.24) is 30.3 Å². The van der Waals surface area contributed by atoms with Crippen molar-refractivity contribution in [1.29, 1.82) is 0 Å². The molecule has 0 radical (unpaired) electrons. The molecule has 1 aromatic heterocycles. The molecule has 1 saturated heterocycles. The number of ether oxygens (including phenoxy) is 1. The van der Waals surface area contributed by atoms with Crippen LogP contribution in [-0.2, 0) is 24.2 Å². The molecule has 0 spiro atoms. The van der Waals surface area contributed by atoms with E-state index in [1.165, 1.54) is 12.1 Å². The van der Waals surface area contributed by atoms with E-state index < -0.39 is 0 Å². The number of hydrogen-bond acceptors (Lipinski definition) is 5. The Morgan fingerprint density at radius 1 is 1.17 bits per heavy atom. The molecule has 3 heterocycles. The molecule has 1 atom stereocenters. The zero-order chi connectivity index (χ0) is 20.1. The van der Waals surface area contributed by atoms with Gasteiger partial charge in [0, 0.05) is 39.6 Å². The van der Waals surface area contributed by atoms with Gasteiger partial charge in [0.1, 0.15) is 11.6 Å². The highest BCUT2D eigenvalue weighted by Gasteiger charge is 2.23. The average Bonchev–Trinajstić information content (AvgIpc) is 3.37. The predicted molar refractivity (Wildman–Crippen MR) is 108 cm³/mol. The number of nitrogens with zero attached hydrogens (tertiary/aromatic N) is 5. The largest absolute Gasteiger partial charge is 0.379 e. The third kappa shape index (κ3) is 4.73. The van der Waals surface area contributed by atoms with Gasteiger partial charge in [-0.1, -0.05) is 12.1 Å². The molecule has 2 aliphatic rings. The molecular formula is C20H28FN7O. The summed E-state index contributed by atoms with van der Waals surface area (Å²) in [5.41, 5.74) is 1.08. The fourth-order valence-electron chi connectivity index (χ4n) is 3.95. The standard InChI is InChI=1S/C20H28FN7O/c1-22-20(24-14-19-26-25-18-3-2-8-28(18)19)23-13-17(27-9-11-29-12-10-27)15-4-6-16(21)7-5-15/h4-7,17H,2-3,8-14H2,1H3,(H2,22,23,24). The van der Waals surface area contributed by atoms with Crippen LogP contribution in [0.25, 0.3) is 0 Å². The number of aromatic nitrogens is 3. The Balaban J connectivity index is 1.38. The maximum atomic E-state index is 13.4. The minimum Gasteiger partial charge on any atom is -0.379 e. The molecule has 4 rings (SSSR count). The van der Waals surface area contributed by atoms with E-state index in [0.717, 1.165) is 49.7 Å². The van der Waals surface area contributed by atoms with Gasteiger partial charge in [-0.2, -0.15) is 0 Å². The average molecular weight is 401 g/mol. The van der Waals surface area contributed by atoms with Gasteiger partial charge in [0.05, 0.1) is 25.8 Å². The van der Waals surface area contributed by atoms with Crippen molar-refractivity contribution in [2.45, 2.75) is 32.0 Å². The fourth-order valence-corrected chi connectivity index (χ4v) is 3.95. The normalized spacial score (nSPS) is 18.5. The summed E-state index contributed by atoms with van der Waals surface area (Å²) in [5, 5.41) is 15.3. The van der Waals surface area contributed by atoms with Gasteiger partial charge in [-0.15, -0.1) is 10.2 Å². The van der Waals surface area contributed by atoms with E-state index >= 15 is 0 Å². The summed E-state index contributed by atoms with van der Waals surface area (Å²) in [6.45, 7) is 5.33. The zero-order valence-electron chi connectivity index (χ0n) is 16.8. The van der Waals surface area contributed by atoms with Crippen LogP contribution in [0.3, 0.4) is 0 Å². The SMILES string of the molecule is CN=C(NCc1nnc2n1CCC2)NCC(c1ccc(F)cc1)N1CCOCC1. The Morgan fingerprint density at radius 3 is 2.72 bits per heavy atom. The summed E-state index contributed by atoms with van der Waals surface area (Å²) in [5.74, 6) is 2.48. The van der Waals surface area contributed by atoms with Crippen molar-refractivity contribution in [3.05, 3.63) is 47.3 Å². The minimum atomic E-state index is -0.222. The fraction of sp³-hybridized carbons (Fsp3) is 0.550. The lowest BCUT2D eigenvalue weighted by atomic mass is 10.0. The Kier molecular flexibility index (Phi) is 6.36. The molecule has 0 bridgehead atoms. The number of guanidine groups is 1. The lowest BCUT2D eigenvalue weighted by molar-refractivity contribution is 0.0170. The summed E-state index contributed by atoms with van der Waals surface area (Å²) < 4.78 is 21.1. The number of morpholine rings is 1. The lowest BCUT2D eigenvalue weighted by Gasteiger charge is -2.35. The first kappa shape index (κ1) is 19.8. The summed E-state index contributed by atoms with van der Waals surface area (Å²) in [7, 11) is 1.76. The number of nitrogens with one attached hydrogen (secondary N) is 2. The second-order valence-electron chi connectivity index (χ2n) is 7.31. The molecule has 1 unspecified atom stereocenters. The van der Waals surface area contributed by atoms with Crippen LogP contribution in [0.5, 0.6) is 0 Å². The van der Waals surface area contributed by atoms with Gasteiger partial charge in [0.15, 0.2) is 11.8 Å². The molecule has 2 aliphatic heterocycles. The third-order valence-corrected chi connectivity index (χ3v) is 5.53. The van der Waals surface area contributed by atoms with Gasteiger partial charge < -0.3 is 19.9 Å². The Bertz CT molecular complexity index is 830. The second-order valence-corrected chi connectivity index (χ2v) is 7.31. The number of benzene rings is 1. The predicted octanol–water partition coefficient (Wildman–Crippen LogP) is 1.10. The van der Waals surface area contributed by atoms with Crippen molar-refractivity contribution in [3.63, 3.8) is 0 Å². The quantitative estimate of drug-likeness (QED) is 0.558. The van der Waals surface area contributed by atoms with Gasteiger partial charge >= 0.3 is 0 Å². The summed E-state index contributed by atoms with van der Waals surface area (Å²) >= 11 is 0. The molecule has 2 aromatic rings. The highest BCUT2D eigenvalue weighted by molar-refractivity contribution is 5.79.